The Hall–Kier alpha value is -0.930. The van der Waals surface area contributed by atoms with Crippen LogP contribution >= 0.6 is 0 Å². The maximum Gasteiger partial charge on any atom is 0.0584 e. The molecule has 1 heterocycles. The molecule has 0 aliphatic carbocycles. The molecule has 90 valence electrons. The Labute approximate surface area is 98.0 Å². The Morgan fingerprint density at radius 1 is 1.38 bits per heavy atom. The van der Waals surface area contributed by atoms with E-state index in [0.717, 1.165) is 32.3 Å². The lowest BCUT2D eigenvalue weighted by Gasteiger charge is -2.14. The van der Waals surface area contributed by atoms with E-state index in [2.05, 4.69) is 24.0 Å². The van der Waals surface area contributed by atoms with Crippen molar-refractivity contribution in [2.24, 2.45) is 5.73 Å². The van der Waals surface area contributed by atoms with Gasteiger partial charge in [0.15, 0.2) is 0 Å². The monoisotopic (exact) mass is 222 g/mol. The van der Waals surface area contributed by atoms with E-state index in [0.29, 0.717) is 12.6 Å². The van der Waals surface area contributed by atoms with Crippen LogP contribution in [0.25, 0.3) is 0 Å². The standard InChI is InChI=1S/C13H22N2O/c1-2-13(5-8-14)16-11-3-4-12-6-9-15-10-7-12/h6-7,9-10,13H,2-5,8,11,14H2,1H3. The zero-order valence-corrected chi connectivity index (χ0v) is 10.1. The van der Waals surface area contributed by atoms with Crippen molar-refractivity contribution in [1.82, 2.24) is 4.98 Å². The second kappa shape index (κ2) is 8.25. The predicted molar refractivity (Wildman–Crippen MR) is 66.3 cm³/mol. The molecule has 0 spiro atoms. The van der Waals surface area contributed by atoms with Gasteiger partial charge in [-0.3, -0.25) is 4.98 Å². The number of hydrogen-bond acceptors (Lipinski definition) is 3. The fourth-order valence-electron chi connectivity index (χ4n) is 1.67. The molecule has 2 N–H and O–H groups in total. The van der Waals surface area contributed by atoms with Gasteiger partial charge in [-0.1, -0.05) is 6.92 Å². The molecule has 1 atom stereocenters. The molecule has 0 aliphatic rings. The third kappa shape index (κ3) is 5.24. The fourth-order valence-corrected chi connectivity index (χ4v) is 1.67. The van der Waals surface area contributed by atoms with Gasteiger partial charge in [-0.15, -0.1) is 0 Å². The van der Waals surface area contributed by atoms with Gasteiger partial charge >= 0.3 is 0 Å². The highest BCUT2D eigenvalue weighted by Crippen LogP contribution is 2.05. The summed E-state index contributed by atoms with van der Waals surface area (Å²) in [5.41, 5.74) is 6.84. The highest BCUT2D eigenvalue weighted by Gasteiger charge is 2.04. The van der Waals surface area contributed by atoms with Crippen molar-refractivity contribution in [3.63, 3.8) is 0 Å². The minimum absolute atomic E-state index is 0.336. The summed E-state index contributed by atoms with van der Waals surface area (Å²) in [5, 5.41) is 0. The van der Waals surface area contributed by atoms with Gasteiger partial charge in [0.2, 0.25) is 0 Å². The highest BCUT2D eigenvalue weighted by atomic mass is 16.5. The summed E-state index contributed by atoms with van der Waals surface area (Å²) in [5.74, 6) is 0. The van der Waals surface area contributed by atoms with E-state index < -0.39 is 0 Å². The number of nitrogens with two attached hydrogens (primary N) is 1. The van der Waals surface area contributed by atoms with Crippen molar-refractivity contribution >= 4 is 0 Å². The van der Waals surface area contributed by atoms with E-state index in [1.54, 1.807) is 0 Å². The smallest absolute Gasteiger partial charge is 0.0584 e. The molecule has 1 aromatic rings. The number of aryl methyl sites for hydroxylation is 1. The van der Waals surface area contributed by atoms with Crippen LogP contribution in [0.3, 0.4) is 0 Å². The van der Waals surface area contributed by atoms with Crippen molar-refractivity contribution in [1.29, 1.82) is 0 Å². The van der Waals surface area contributed by atoms with E-state index in [1.165, 1.54) is 5.56 Å². The molecular weight excluding hydrogens is 200 g/mol. The first kappa shape index (κ1) is 13.1. The first-order chi connectivity index (χ1) is 7.86. The van der Waals surface area contributed by atoms with Gasteiger partial charge in [0.1, 0.15) is 0 Å². The van der Waals surface area contributed by atoms with Crippen molar-refractivity contribution in [2.45, 2.75) is 38.7 Å². The lowest BCUT2D eigenvalue weighted by atomic mass is 10.1. The van der Waals surface area contributed by atoms with E-state index in [9.17, 15) is 0 Å². The van der Waals surface area contributed by atoms with Crippen molar-refractivity contribution in [3.8, 4) is 0 Å². The second-order valence-electron chi connectivity index (χ2n) is 3.94. The third-order valence-corrected chi connectivity index (χ3v) is 2.66. The molecule has 16 heavy (non-hydrogen) atoms. The summed E-state index contributed by atoms with van der Waals surface area (Å²) in [7, 11) is 0. The lowest BCUT2D eigenvalue weighted by Crippen LogP contribution is -2.17. The van der Waals surface area contributed by atoms with Crippen LogP contribution in [0.15, 0.2) is 24.5 Å². The topological polar surface area (TPSA) is 48.1 Å². The summed E-state index contributed by atoms with van der Waals surface area (Å²) in [6, 6.07) is 4.11. The van der Waals surface area contributed by atoms with E-state index in [4.69, 9.17) is 10.5 Å². The molecule has 0 saturated heterocycles. The SMILES string of the molecule is CCC(CCN)OCCCc1ccncc1. The number of hydrogen-bond donors (Lipinski definition) is 1. The number of rotatable bonds is 8. The number of ether oxygens (including phenoxy) is 1. The zero-order valence-electron chi connectivity index (χ0n) is 10.1. The lowest BCUT2D eigenvalue weighted by molar-refractivity contribution is 0.0452. The van der Waals surface area contributed by atoms with E-state index in [1.807, 2.05) is 12.4 Å². The zero-order chi connectivity index (χ0) is 11.6. The van der Waals surface area contributed by atoms with Crippen LogP contribution in [0.1, 0.15) is 31.7 Å². The van der Waals surface area contributed by atoms with Crippen LogP contribution in [0.4, 0.5) is 0 Å². The van der Waals surface area contributed by atoms with E-state index in [-0.39, 0.29) is 0 Å². The predicted octanol–water partition coefficient (Wildman–Crippen LogP) is 2.16. The molecule has 0 amide bonds. The molecule has 3 nitrogen and oxygen atoms in total. The number of aromatic nitrogens is 1. The molecule has 1 rings (SSSR count). The molecule has 0 radical (unpaired) electrons. The van der Waals surface area contributed by atoms with Crippen LogP contribution in [0.2, 0.25) is 0 Å². The Kier molecular flexibility index (Phi) is 6.77. The summed E-state index contributed by atoms with van der Waals surface area (Å²) in [4.78, 5) is 3.99. The number of pyridine rings is 1. The fraction of sp³-hybridized carbons (Fsp3) is 0.615. The summed E-state index contributed by atoms with van der Waals surface area (Å²) >= 11 is 0. The summed E-state index contributed by atoms with van der Waals surface area (Å²) < 4.78 is 5.76. The van der Waals surface area contributed by atoms with Crippen molar-refractivity contribution in [2.75, 3.05) is 13.2 Å². The Bertz CT molecular complexity index is 264. The van der Waals surface area contributed by atoms with Gasteiger partial charge in [-0.05, 0) is 49.9 Å². The Balaban J connectivity index is 2.11. The maximum atomic E-state index is 5.76. The molecular formula is C13H22N2O. The molecule has 0 saturated carbocycles. The van der Waals surface area contributed by atoms with E-state index >= 15 is 0 Å². The third-order valence-electron chi connectivity index (χ3n) is 2.66. The molecule has 1 aromatic heterocycles. The van der Waals surface area contributed by atoms with Gasteiger partial charge in [-0.25, -0.2) is 0 Å². The molecule has 0 fully saturated rings. The minimum Gasteiger partial charge on any atom is -0.378 e. The normalized spacial score (nSPS) is 12.6. The number of nitrogens with zero attached hydrogens (tertiary/aromatic N) is 1. The molecule has 0 aromatic carbocycles. The maximum absolute atomic E-state index is 5.76. The van der Waals surface area contributed by atoms with Gasteiger partial charge in [0, 0.05) is 19.0 Å². The van der Waals surface area contributed by atoms with Gasteiger partial charge < -0.3 is 10.5 Å². The first-order valence-corrected chi connectivity index (χ1v) is 6.07. The molecule has 0 aliphatic heterocycles. The average molecular weight is 222 g/mol. The first-order valence-electron chi connectivity index (χ1n) is 6.07. The molecule has 1 unspecified atom stereocenters. The molecule has 0 bridgehead atoms. The van der Waals surface area contributed by atoms with Gasteiger partial charge in [-0.2, -0.15) is 0 Å². The quantitative estimate of drug-likeness (QED) is 0.686. The van der Waals surface area contributed by atoms with Crippen LogP contribution < -0.4 is 5.73 Å². The van der Waals surface area contributed by atoms with Crippen molar-refractivity contribution < 1.29 is 4.74 Å². The minimum atomic E-state index is 0.336. The Morgan fingerprint density at radius 3 is 2.75 bits per heavy atom. The van der Waals surface area contributed by atoms with Crippen LogP contribution in [0.5, 0.6) is 0 Å². The second-order valence-corrected chi connectivity index (χ2v) is 3.94. The van der Waals surface area contributed by atoms with Gasteiger partial charge in [0.05, 0.1) is 6.10 Å². The summed E-state index contributed by atoms with van der Waals surface area (Å²) in [6.45, 7) is 3.67. The Morgan fingerprint density at radius 2 is 2.12 bits per heavy atom. The van der Waals surface area contributed by atoms with Gasteiger partial charge in [0.25, 0.3) is 0 Å². The van der Waals surface area contributed by atoms with Crippen LogP contribution in [-0.2, 0) is 11.2 Å². The highest BCUT2D eigenvalue weighted by molar-refractivity contribution is 5.09. The van der Waals surface area contributed by atoms with Crippen LogP contribution in [-0.4, -0.2) is 24.2 Å². The molecule has 3 heteroatoms. The summed E-state index contributed by atoms with van der Waals surface area (Å²) in [6.07, 6.45) is 8.13. The largest absolute Gasteiger partial charge is 0.378 e. The average Bonchev–Trinajstić information content (AvgIpc) is 2.34. The van der Waals surface area contributed by atoms with Crippen molar-refractivity contribution in [3.05, 3.63) is 30.1 Å². The van der Waals surface area contributed by atoms with Crippen LogP contribution in [0, 0.1) is 0 Å².